The summed E-state index contributed by atoms with van der Waals surface area (Å²) in [5, 5.41) is 0. The van der Waals surface area contributed by atoms with E-state index in [1.165, 1.54) is 162 Å². The van der Waals surface area contributed by atoms with E-state index in [1.807, 2.05) is 13.8 Å². The summed E-state index contributed by atoms with van der Waals surface area (Å²) in [7, 11) is -3.73. The molecule has 6 nitrogen and oxygen atoms in total. The lowest BCUT2D eigenvalue weighted by Gasteiger charge is -2.45. The molecule has 0 amide bonds. The van der Waals surface area contributed by atoms with Gasteiger partial charge in [-0.1, -0.05) is 307 Å². The quantitative estimate of drug-likeness (QED) is 0.0601. The molecule has 6 fully saturated rings. The van der Waals surface area contributed by atoms with Gasteiger partial charge in [-0.25, -0.2) is 8.42 Å². The molecule has 7 unspecified atom stereocenters. The molecule has 6 aromatic carbocycles. The highest BCUT2D eigenvalue weighted by Gasteiger charge is 2.40. The molecule has 6 saturated carbocycles. The zero-order chi connectivity index (χ0) is 89.3. The van der Waals surface area contributed by atoms with Gasteiger partial charge in [0.2, 0.25) is 9.84 Å². The smallest absolute Gasteiger partial charge is 0.206 e. The minimum absolute atomic E-state index is 0.0708. The maximum atomic E-state index is 13.1. The Kier molecular flexibility index (Phi) is 49.0. The third kappa shape index (κ3) is 35.0. The lowest BCUT2D eigenvalue weighted by atomic mass is 9.60. The first kappa shape index (κ1) is 109. The fourth-order valence-corrected chi connectivity index (χ4v) is 26.7. The maximum absolute atomic E-state index is 13.1. The molecular weight excluding hydrogens is 2030 g/mol. The fraction of sp³-hybridized carbons (Fsp3) is 0.657. The zero-order valence-electron chi connectivity index (χ0n) is 78.2. The Morgan fingerprint density at radius 2 is 0.725 bits per heavy atom. The van der Waals surface area contributed by atoms with Crippen LogP contribution in [0.5, 0.6) is 23.0 Å². The van der Waals surface area contributed by atoms with Gasteiger partial charge < -0.3 is 18.9 Å². The molecule has 0 heterocycles. The largest absolute Gasteiger partial charge is 0.491 e. The van der Waals surface area contributed by atoms with Crippen molar-refractivity contribution in [2.24, 2.45) is 70.0 Å². The van der Waals surface area contributed by atoms with Gasteiger partial charge in [0.05, 0.1) is 72.0 Å². The number of sulfone groups is 1. The van der Waals surface area contributed by atoms with Crippen molar-refractivity contribution < 1.29 is 27.4 Å². The van der Waals surface area contributed by atoms with Gasteiger partial charge in [0, 0.05) is 10.8 Å². The van der Waals surface area contributed by atoms with Crippen molar-refractivity contribution >= 4 is 137 Å². The first-order valence-electron chi connectivity index (χ1n) is 46.6. The van der Waals surface area contributed by atoms with Gasteiger partial charge in [0.15, 0.2) is 0 Å². The second-order valence-corrected chi connectivity index (χ2v) is 47.4. The Morgan fingerprint density at radius 1 is 0.392 bits per heavy atom. The van der Waals surface area contributed by atoms with Gasteiger partial charge in [-0.3, -0.25) is 0 Å². The summed E-state index contributed by atoms with van der Waals surface area (Å²) in [5.41, 5.74) is 8.81. The van der Waals surface area contributed by atoms with Crippen molar-refractivity contribution in [3.05, 3.63) is 166 Å². The Bertz CT molecular complexity index is 3760. The van der Waals surface area contributed by atoms with E-state index in [9.17, 15) is 8.42 Å². The Labute approximate surface area is 801 Å². The molecule has 6 aliphatic rings. The summed E-state index contributed by atoms with van der Waals surface area (Å²) >= 11 is 28.3. The van der Waals surface area contributed by atoms with Crippen LogP contribution in [0.25, 0.3) is 0 Å². The van der Waals surface area contributed by atoms with E-state index >= 15 is 0 Å². The minimum atomic E-state index is -3.73. The molecule has 12 rings (SSSR count). The number of rotatable bonds is 24. The summed E-state index contributed by atoms with van der Waals surface area (Å²) in [6, 6.07) is 32.4. The van der Waals surface area contributed by atoms with Crippen molar-refractivity contribution in [2.45, 2.75) is 359 Å². The SMILES string of the molecule is CC1CCC(CC2CCC(C)CC2)CC1.CCC.CCC1(C)CC(C)CC(C)(C)C1.CCC1CC2CCC1C2.CCC1CCCC(CC)C1.CCCOc1c(Br)cc(C(C)(C)c2cc(Br)c(OCCC)c(Br)c2)cc1Br.CCCOc1c(Br)cc(S(=O)(=O)c2cc(Br)c(OCCC)c(Br)c2)cc1Br.Cc1ccc(C(C)(C)c2ccc(C)cc2)cc1. The second-order valence-electron chi connectivity index (χ2n) is 38.6. The van der Waals surface area contributed by atoms with Gasteiger partial charge in [-0.2, -0.15) is 0 Å². The van der Waals surface area contributed by atoms with Crippen molar-refractivity contribution in [2.75, 3.05) is 26.4 Å². The average molecular weight is 2190 g/mol. The van der Waals surface area contributed by atoms with E-state index in [2.05, 4.69) is 339 Å². The van der Waals surface area contributed by atoms with Crippen LogP contribution in [-0.4, -0.2) is 34.8 Å². The first-order valence-corrected chi connectivity index (χ1v) is 54.4. The van der Waals surface area contributed by atoms with Crippen LogP contribution in [0, 0.1) is 83.9 Å². The number of fused-ring (bicyclic) bond motifs is 2. The third-order valence-corrected chi connectivity index (χ3v) is 32.7. The minimum Gasteiger partial charge on any atom is -0.491 e. The predicted molar refractivity (Wildman–Crippen MR) is 546 cm³/mol. The molecule has 0 N–H and O–H groups in total. The number of hydrogen-bond donors (Lipinski definition) is 0. The van der Waals surface area contributed by atoms with E-state index in [4.69, 9.17) is 18.9 Å². The Hall–Kier alpha value is -1.69. The molecule has 15 heteroatoms. The van der Waals surface area contributed by atoms with Crippen LogP contribution < -0.4 is 18.9 Å². The molecule has 6 aliphatic carbocycles. The molecule has 0 radical (unpaired) electrons. The highest BCUT2D eigenvalue weighted by Crippen LogP contribution is 2.52. The summed E-state index contributed by atoms with van der Waals surface area (Å²) < 4.78 is 55.4. The molecule has 676 valence electrons. The number of benzene rings is 6. The molecule has 120 heavy (non-hydrogen) atoms. The molecule has 6 aromatic rings. The van der Waals surface area contributed by atoms with Crippen molar-refractivity contribution in [1.29, 1.82) is 0 Å². The van der Waals surface area contributed by atoms with E-state index in [-0.39, 0.29) is 20.6 Å². The lowest BCUT2D eigenvalue weighted by Crippen LogP contribution is -2.34. The van der Waals surface area contributed by atoms with Gasteiger partial charge >= 0.3 is 0 Å². The molecule has 2 bridgehead atoms. The predicted octanol–water partition coefficient (Wildman–Crippen LogP) is 37.6. The molecule has 0 aromatic heterocycles. The average Bonchev–Trinajstić information content (AvgIpc) is 1.75. The first-order chi connectivity index (χ1) is 56.7. The number of ether oxygens (including phenoxy) is 4. The highest BCUT2D eigenvalue weighted by molar-refractivity contribution is 9.12. The number of hydrogen-bond acceptors (Lipinski definition) is 6. The fourth-order valence-electron chi connectivity index (χ4n) is 19.1. The summed E-state index contributed by atoms with van der Waals surface area (Å²) in [6.45, 7) is 52.1. The Morgan fingerprint density at radius 3 is 1.00 bits per heavy atom. The third-order valence-electron chi connectivity index (χ3n) is 26.2. The van der Waals surface area contributed by atoms with Crippen LogP contribution >= 0.6 is 127 Å². The standard InChI is InChI=1S/C21H24Br4O2.C18H18Br4O4S.C17H20.C15H28.C12H24.C10H20.C9H16.C3H8/c1-5-7-26-19-15(22)9-13(10-16(19)23)21(3,4)14-11-17(24)20(18(25)12-14)27-8-6-2;1-3-5-25-17-13(19)7-11(8-14(17)20)27(23,24)12-9-15(21)18(16(22)10-12)26-6-4-2;1-13-5-9-15(10-6-13)17(3,4)16-11-7-14(2)8-12-16;1-12-3-7-14(8-4-12)11-15-9-5-13(2)6-10-15;1-6-12(5)8-10(2)7-11(3,4)9-12;1-3-9-6-5-7-10(4-2)8-9;1-2-8-5-7-3-4-9(8)6-7;1-3-2/h9-12H,5-8H2,1-4H3;7-10H,3-6H2,1-2H3;5-12H,1-4H3;12-15H,3-11H2,1-2H3;10H,6-9H2,1-5H3;9-10H,3-8H2,1-2H3;7-9H,2-6H2,1H3;3H2,1-2H3. The molecule has 7 atom stereocenters. The van der Waals surface area contributed by atoms with Gasteiger partial charge in [-0.15, -0.1) is 0 Å². The second kappa shape index (κ2) is 54.1. The van der Waals surface area contributed by atoms with Crippen molar-refractivity contribution in [3.8, 4) is 23.0 Å². The lowest BCUT2D eigenvalue weighted by molar-refractivity contribution is 0.0581. The van der Waals surface area contributed by atoms with Gasteiger partial charge in [0.1, 0.15) is 23.0 Å². The zero-order valence-corrected chi connectivity index (χ0v) is 91.7. The normalized spacial score (nSPS) is 22.9. The maximum Gasteiger partial charge on any atom is 0.206 e. The monoisotopic (exact) mass is 2180 g/mol. The van der Waals surface area contributed by atoms with Crippen LogP contribution in [-0.2, 0) is 20.7 Å². The van der Waals surface area contributed by atoms with E-state index in [0.29, 0.717) is 66.6 Å². The van der Waals surface area contributed by atoms with Crippen LogP contribution in [0.4, 0.5) is 0 Å². The topological polar surface area (TPSA) is 71.1 Å². The number of halogens is 8. The van der Waals surface area contributed by atoms with Crippen LogP contribution in [0.2, 0.25) is 0 Å². The molecule has 0 aliphatic heterocycles. The van der Waals surface area contributed by atoms with E-state index in [0.717, 1.165) is 114 Å². The van der Waals surface area contributed by atoms with E-state index in [1.54, 1.807) is 56.4 Å². The van der Waals surface area contributed by atoms with Crippen LogP contribution in [0.15, 0.2) is 143 Å². The van der Waals surface area contributed by atoms with Crippen LogP contribution in [0.3, 0.4) is 0 Å². The van der Waals surface area contributed by atoms with Gasteiger partial charge in [0.25, 0.3) is 0 Å². The molecule has 0 saturated heterocycles. The highest BCUT2D eigenvalue weighted by atomic mass is 79.9. The van der Waals surface area contributed by atoms with Crippen molar-refractivity contribution in [1.82, 2.24) is 0 Å². The summed E-state index contributed by atoms with van der Waals surface area (Å²) in [6.07, 6.45) is 40.8. The number of aryl methyl sites for hydroxylation is 2. The summed E-state index contributed by atoms with van der Waals surface area (Å²) in [5.74, 6) is 13.6. The van der Waals surface area contributed by atoms with E-state index < -0.39 is 9.84 Å². The Balaban J connectivity index is 0.000000256. The molecular formula is C105H158Br8O6S. The van der Waals surface area contributed by atoms with Crippen molar-refractivity contribution in [3.63, 3.8) is 0 Å². The van der Waals surface area contributed by atoms with Crippen LogP contribution in [0.1, 0.15) is 358 Å². The van der Waals surface area contributed by atoms with Gasteiger partial charge in [-0.05, 0) is 359 Å². The molecule has 0 spiro atoms. The summed E-state index contributed by atoms with van der Waals surface area (Å²) in [4.78, 5) is 0.317.